The molecule has 8 heterocycles. The van der Waals surface area contributed by atoms with Gasteiger partial charge in [0.2, 0.25) is 12.7 Å². The molecule has 0 aliphatic heterocycles. The predicted octanol–water partition coefficient (Wildman–Crippen LogP) is 32.1. The largest absolute Gasteiger partial charge is 0.510 e. The molecule has 12 nitrogen and oxygen atoms in total. The van der Waals surface area contributed by atoms with Crippen molar-refractivity contribution in [1.29, 1.82) is 0 Å². The summed E-state index contributed by atoms with van der Waals surface area (Å²) in [6, 6.07) is 82.0. The monoisotopic (exact) mass is 2300 g/mol. The third-order valence-corrected chi connectivity index (χ3v) is 26.1. The molecule has 14 heteroatoms. The molecular weight excluding hydrogens is 2180 g/mol. The molecule has 0 aliphatic rings. The molecule has 8 aromatic heterocycles. The van der Waals surface area contributed by atoms with E-state index in [2.05, 4.69) is 188 Å². The molecule has 0 N–H and O–H groups in total. The Hall–Kier alpha value is -18.2. The molecule has 20 aromatic carbocycles. The molecular formula is C135H88N10O2Pt2-4. The van der Waals surface area contributed by atoms with Gasteiger partial charge in [0.1, 0.15) is 11.6 Å². The van der Waals surface area contributed by atoms with Crippen molar-refractivity contribution in [3.05, 3.63) is 521 Å². The smallest absolute Gasteiger partial charge is 0.242 e. The Morgan fingerprint density at radius 2 is 0.617 bits per heavy atom. The van der Waals surface area contributed by atoms with Gasteiger partial charge in [-0.15, -0.1) is 59.3 Å². The summed E-state index contributed by atoms with van der Waals surface area (Å²) in [6.07, 6.45) is 9.59. The van der Waals surface area contributed by atoms with Crippen molar-refractivity contribution in [2.24, 2.45) is 14.0 Å². The molecule has 0 aliphatic carbocycles. The molecule has 0 radical (unpaired) electrons. The minimum absolute atomic E-state index is 0. The van der Waals surface area contributed by atoms with E-state index in [0.29, 0.717) is 44.1 Å². The Bertz CT molecular complexity index is 11700. The van der Waals surface area contributed by atoms with Crippen molar-refractivity contribution in [2.75, 3.05) is 0 Å². The van der Waals surface area contributed by atoms with E-state index in [9.17, 15) is 26.0 Å². The minimum atomic E-state index is -3.37. The van der Waals surface area contributed by atoms with Crippen LogP contribution in [-0.2, 0) is 56.1 Å². The fraction of sp³-hybridized carbons (Fsp3) is 0.0222. The van der Waals surface area contributed by atoms with E-state index in [1.54, 1.807) is 41.2 Å². The predicted molar refractivity (Wildman–Crippen MR) is 596 cm³/mol. The van der Waals surface area contributed by atoms with Crippen LogP contribution < -0.4 is 18.6 Å². The second-order valence-corrected chi connectivity index (χ2v) is 34.7. The molecule has 0 spiro atoms. The molecule has 0 bridgehead atoms. The number of hydrogen-bond donors (Lipinski definition) is 0. The molecule has 0 atom stereocenters. The van der Waals surface area contributed by atoms with Crippen LogP contribution in [0.25, 0.3) is 233 Å². The summed E-state index contributed by atoms with van der Waals surface area (Å²) in [4.78, 5) is 9.28. The number of para-hydroxylation sites is 8. The Morgan fingerprint density at radius 3 is 1.05 bits per heavy atom. The Morgan fingerprint density at radius 1 is 0.268 bits per heavy atom. The second kappa shape index (κ2) is 38.7. The van der Waals surface area contributed by atoms with Crippen LogP contribution in [0.3, 0.4) is 0 Å². The van der Waals surface area contributed by atoms with Gasteiger partial charge in [0.15, 0.2) is 0 Å². The van der Waals surface area contributed by atoms with Gasteiger partial charge >= 0.3 is 0 Å². The van der Waals surface area contributed by atoms with Gasteiger partial charge in [-0.25, -0.2) is 9.97 Å². The van der Waals surface area contributed by atoms with Crippen molar-refractivity contribution in [3.8, 4) is 146 Å². The Labute approximate surface area is 935 Å². The van der Waals surface area contributed by atoms with Crippen LogP contribution in [0.1, 0.15) is 50.8 Å². The van der Waals surface area contributed by atoms with E-state index in [-0.39, 0.29) is 70.4 Å². The first-order valence-corrected chi connectivity index (χ1v) is 46.8. The van der Waals surface area contributed by atoms with Gasteiger partial charge in [-0.05, 0) is 210 Å². The van der Waals surface area contributed by atoms with Crippen LogP contribution >= 0.6 is 0 Å². The van der Waals surface area contributed by atoms with Crippen LogP contribution in [0.5, 0.6) is 23.0 Å². The maximum absolute atomic E-state index is 10.4. The third-order valence-electron chi connectivity index (χ3n) is 26.1. The maximum Gasteiger partial charge on any atom is 0.242 e. The number of imidazole rings is 2. The molecule has 28 aromatic rings. The molecule has 28 rings (SSSR count). The summed E-state index contributed by atoms with van der Waals surface area (Å²) in [7, 11) is 0. The number of pyridine rings is 2. The number of fused-ring (bicyclic) bond motifs is 14. The van der Waals surface area contributed by atoms with E-state index < -0.39 is 261 Å². The van der Waals surface area contributed by atoms with E-state index in [1.807, 2.05) is 126 Å². The van der Waals surface area contributed by atoms with Crippen LogP contribution in [-0.4, -0.2) is 37.4 Å². The van der Waals surface area contributed by atoms with E-state index in [4.69, 9.17) is 28.7 Å². The maximum atomic E-state index is 10.4. The van der Waals surface area contributed by atoms with Crippen LogP contribution in [0.15, 0.2) is 479 Å². The normalized spacial score (nSPS) is 14.8. The van der Waals surface area contributed by atoms with E-state index in [1.165, 1.54) is 40.3 Å². The van der Waals surface area contributed by atoms with Gasteiger partial charge in [0, 0.05) is 116 Å². The molecule has 0 unspecified atom stereocenters. The second-order valence-electron chi connectivity index (χ2n) is 34.7. The fourth-order valence-electron chi connectivity index (χ4n) is 19.9. The van der Waals surface area contributed by atoms with Crippen LogP contribution in [0, 0.1) is 43.8 Å². The van der Waals surface area contributed by atoms with Gasteiger partial charge in [-0.3, -0.25) is 0 Å². The first-order valence-electron chi connectivity index (χ1n) is 63.3. The molecule has 0 amide bonds. The number of aryl methyl sites for hydroxylation is 2. The van der Waals surface area contributed by atoms with Crippen molar-refractivity contribution in [3.63, 3.8) is 0 Å². The van der Waals surface area contributed by atoms with Crippen molar-refractivity contribution in [2.45, 2.75) is 6.92 Å². The zero-order valence-electron chi connectivity index (χ0n) is 111. The van der Waals surface area contributed by atoms with Crippen molar-refractivity contribution in [1.82, 2.24) is 37.4 Å². The van der Waals surface area contributed by atoms with Gasteiger partial charge in [0.25, 0.3) is 0 Å². The van der Waals surface area contributed by atoms with Crippen LogP contribution in [0.2, 0.25) is 0 Å². The van der Waals surface area contributed by atoms with Crippen LogP contribution in [0.4, 0.5) is 0 Å². The standard InChI is InChI=1S/C74H50N4O.C61H38N6O.2Pt/c1-50-34-36-54(37-35-50)58-42-57(53-23-10-5-11-24-53)45-60(46-58)65-29-17-28-64(59-43-55(51-19-6-3-7-20-51)41-56(44-59)52-21-8-4-9-22-52)73(65)68-30-18-32-70-74(68)76(2)49-77(70)61-25-16-26-62(47-61)79-63-38-39-67-66-27-12-13-31-69(66)78(71(67)48-63)72-33-14-15-40-75-72;1-63-39-64(40-17-14-18-41(37-40)68-42-34-35-48-47-23-6-11-29-54(47)67(58(48)38-42)59-33-12-13-36-62-59)57-32-15-24-49(61(57)63)60-55(65-50-25-7-2-19-43(50)44-20-3-8-26-51(44)65)30-16-31-56(60)66-52-27-9-4-21-45(52)46-22-5-10-28-53(46)66;;/h3-46H,1-2H3;2-36H,1H3;;/q2*-2;;/i2D3,3D,4D,5D,6D,7D,8D,9D,10D,11D,17D,19D,20D,21D,22D,23D,24D,28D,29D,34D,35D,36D,37D,41D,42D,43D,45D,46D;1D3;;. The molecule has 714 valence electrons. The zero-order chi connectivity index (χ0) is 126. The number of benzene rings is 20. The third kappa shape index (κ3) is 16.4. The fourth-order valence-corrected chi connectivity index (χ4v) is 19.9. The van der Waals surface area contributed by atoms with Crippen molar-refractivity contribution < 1.29 is 106 Å². The van der Waals surface area contributed by atoms with Gasteiger partial charge in [-0.1, -0.05) is 325 Å². The van der Waals surface area contributed by atoms with E-state index >= 15 is 0 Å². The van der Waals surface area contributed by atoms with Gasteiger partial charge in [0.05, 0.1) is 115 Å². The number of nitrogens with zero attached hydrogens (tertiary/aromatic N) is 10. The number of rotatable bonds is 18. The quantitative estimate of drug-likeness (QED) is 0.0633. The summed E-state index contributed by atoms with van der Waals surface area (Å²) in [5.41, 5.74) is -0.354. The van der Waals surface area contributed by atoms with Crippen molar-refractivity contribution >= 4 is 109 Å². The Kier molecular flexibility index (Phi) is 16.2. The average Bonchev–Trinajstić information content (AvgIpc) is 1.11. The summed E-state index contributed by atoms with van der Waals surface area (Å²) in [6.45, 7) is -4.76. The molecule has 0 saturated heterocycles. The number of ether oxygens (including phenoxy) is 2. The van der Waals surface area contributed by atoms with Gasteiger partial charge < -0.3 is 46.0 Å². The molecule has 0 saturated carbocycles. The first-order chi connectivity index (χ1) is 86.3. The number of hydrogen-bond acceptors (Lipinski definition) is 4. The summed E-state index contributed by atoms with van der Waals surface area (Å²) in [5, 5.41) is 8.29. The topological polar surface area (TPSA) is 81.6 Å². The summed E-state index contributed by atoms with van der Waals surface area (Å²) >= 11 is 0. The zero-order valence-corrected chi connectivity index (χ0v) is 82.5. The minimum Gasteiger partial charge on any atom is -0.510 e. The Balaban J connectivity index is 0.000000192. The average molecular weight is 2310 g/mol. The SMILES string of the molecule is [2H]C([2H])([2H])[n+]1[c-]n(-c2[c-]c(Oc3[c-]c4c(cc3)c3ccccc3n4-c3ccccn3)ccc2)c2cccc(-c3c(-n4c5ccccc5c5ccccc54)cccc3-n3c4ccccc4c4ccccc43)c21.[2H]c1c([2H])c([2H])c(-c2cc(-c3c([2H])c([2H])c([2H])c(-c4c([2H])c(-c5c([2H])c([2H])c([2H])c([2H])c5[2H])c([2H])c(-c5c([2H])c([2H])c(C)c([2H])c5[2H])c4[2H])c3-c3cccc4c3[n+](C([2H])([2H])[2H])[c-]n4-c3[c-]c(Oc4[c-]c5c(cc4)c4ccccc4n5-c4ccccn4)ccc3)c([2H])c(-c3c([2H])c([2H])c([2H])c([2H])c3[2H])c2[2H])c([2H])c1[2H].[Pt].[Pt]. The van der Waals surface area contributed by atoms with Gasteiger partial charge in [-0.2, -0.15) is 36.4 Å². The number of aromatic nitrogens is 10. The first kappa shape index (κ1) is 62.5. The molecule has 0 fully saturated rings. The summed E-state index contributed by atoms with van der Waals surface area (Å²) in [5.74, 6) is 2.49. The molecule has 149 heavy (non-hydrogen) atoms. The van der Waals surface area contributed by atoms with E-state index in [0.717, 1.165) is 116 Å². The summed E-state index contributed by atoms with van der Waals surface area (Å²) < 4.78 is 334.